The second-order valence-electron chi connectivity index (χ2n) is 2.99. The molecule has 0 atom stereocenters. The molecule has 0 N–H and O–H groups in total. The average Bonchev–Trinajstić information content (AvgIpc) is 2.00. The van der Waals surface area contributed by atoms with E-state index in [1.807, 2.05) is 0 Å². The first-order valence-corrected chi connectivity index (χ1v) is 9.41. The van der Waals surface area contributed by atoms with Crippen molar-refractivity contribution in [2.24, 2.45) is 0 Å². The molecule has 0 aromatic heterocycles. The first-order chi connectivity index (χ1) is 6.68. The van der Waals surface area contributed by atoms with Gasteiger partial charge in [0.25, 0.3) is 0 Å². The minimum absolute atomic E-state index is 0.0375. The Kier molecular flexibility index (Phi) is 3.68. The normalized spacial score (nSPS) is 12.4. The number of rotatable bonds is 1. The van der Waals surface area contributed by atoms with Crippen molar-refractivity contribution in [2.45, 2.75) is 9.86 Å². The van der Waals surface area contributed by atoms with Crippen LogP contribution in [0.25, 0.3) is 0 Å². The third-order valence-corrected chi connectivity index (χ3v) is 6.66. The van der Waals surface area contributed by atoms with Gasteiger partial charge >= 0.3 is 93.7 Å². The van der Waals surface area contributed by atoms with E-state index in [9.17, 15) is 26.3 Å². The summed E-state index contributed by atoms with van der Waals surface area (Å²) in [5.41, 5.74) is -0.915. The molecule has 0 spiro atoms. The fourth-order valence-electron chi connectivity index (χ4n) is 1.04. The first kappa shape index (κ1) is 12.8. The zero-order valence-electron chi connectivity index (χ0n) is 7.28. The topological polar surface area (TPSA) is 0 Å². The van der Waals surface area contributed by atoms with Crippen LogP contribution in [0, 0.1) is 0 Å². The van der Waals surface area contributed by atoms with Crippen LogP contribution in [0.1, 0.15) is 5.56 Å². The zero-order valence-corrected chi connectivity index (χ0v) is 12.8. The molecule has 0 amide bonds. The van der Waals surface area contributed by atoms with Crippen molar-refractivity contribution in [3.05, 3.63) is 29.8 Å². The van der Waals surface area contributed by atoms with E-state index >= 15 is 0 Å². The molecule has 80 valence electrons. The van der Waals surface area contributed by atoms with Gasteiger partial charge in [-0.1, -0.05) is 0 Å². The first-order valence-electron chi connectivity index (χ1n) is 3.91. The molecule has 1 aromatic rings. The van der Waals surface area contributed by atoms with E-state index in [0.29, 0.717) is 12.1 Å². The summed E-state index contributed by atoms with van der Waals surface area (Å²) in [5.74, 6) is 0. The average molecular weight is 415 g/mol. The number of hydrogen-bond donors (Lipinski definition) is 0. The molecule has 15 heavy (non-hydrogen) atoms. The SMILES string of the molecule is F[C](F)(F)[Hg][c]1ccc(C(F)(F)F)cc1. The Morgan fingerprint density at radius 1 is 0.800 bits per heavy atom. The van der Waals surface area contributed by atoms with Crippen LogP contribution in [0.15, 0.2) is 24.3 Å². The quantitative estimate of drug-likeness (QED) is 0.490. The van der Waals surface area contributed by atoms with Gasteiger partial charge in [-0.2, -0.15) is 0 Å². The Balaban J connectivity index is 2.82. The van der Waals surface area contributed by atoms with E-state index in [1.165, 1.54) is 0 Å². The fraction of sp³-hybridized carbons (Fsp3) is 0.250. The molecule has 0 heterocycles. The van der Waals surface area contributed by atoms with Gasteiger partial charge in [0.05, 0.1) is 0 Å². The Morgan fingerprint density at radius 3 is 1.60 bits per heavy atom. The molecule has 0 aliphatic rings. The van der Waals surface area contributed by atoms with E-state index in [4.69, 9.17) is 0 Å². The van der Waals surface area contributed by atoms with Gasteiger partial charge in [-0.25, -0.2) is 0 Å². The summed E-state index contributed by atoms with van der Waals surface area (Å²) < 4.78 is 67.9. The third-order valence-electron chi connectivity index (χ3n) is 1.69. The zero-order chi connectivity index (χ0) is 11.7. The van der Waals surface area contributed by atoms with E-state index in [2.05, 4.69) is 0 Å². The molecular weight excluding hydrogens is 411 g/mol. The minimum atomic E-state index is -4.49. The molecule has 0 fully saturated rings. The number of benzene rings is 1. The number of alkyl halides is 6. The van der Waals surface area contributed by atoms with Gasteiger partial charge in [-0.15, -0.1) is 0 Å². The van der Waals surface area contributed by atoms with Gasteiger partial charge in [-0.3, -0.25) is 0 Å². The molecule has 7 heteroatoms. The van der Waals surface area contributed by atoms with Crippen LogP contribution < -0.4 is 3.07 Å². The Hall–Kier alpha value is -0.265. The van der Waals surface area contributed by atoms with Crippen molar-refractivity contribution in [3.8, 4) is 0 Å². The van der Waals surface area contributed by atoms with Crippen LogP contribution in [0.4, 0.5) is 26.3 Å². The summed E-state index contributed by atoms with van der Waals surface area (Å²) in [7, 11) is 0. The molecule has 0 nitrogen and oxygen atoms in total. The standard InChI is InChI=1S/C7H4F3.CF3.Hg/c8-7(9,10)6-4-2-1-3-5-6;2-1(3)4;/h2-5H;;. The van der Waals surface area contributed by atoms with Crippen LogP contribution in [0.3, 0.4) is 0 Å². The maximum atomic E-state index is 12.1. The van der Waals surface area contributed by atoms with Gasteiger partial charge in [-0.05, 0) is 0 Å². The van der Waals surface area contributed by atoms with E-state index in [0.717, 1.165) is 12.1 Å². The van der Waals surface area contributed by atoms with Crippen LogP contribution in [0.5, 0.6) is 0 Å². The van der Waals surface area contributed by atoms with E-state index < -0.39 is 40.0 Å². The van der Waals surface area contributed by atoms with E-state index in [1.54, 1.807) is 0 Å². The van der Waals surface area contributed by atoms with Gasteiger partial charge in [0.15, 0.2) is 0 Å². The molecule has 0 bridgehead atoms. The molecule has 1 rings (SSSR count). The summed E-state index contributed by atoms with van der Waals surface area (Å²) in [6.07, 6.45) is -4.49. The maximum absolute atomic E-state index is 12.1. The second kappa shape index (κ2) is 4.31. The number of halogens is 6. The van der Waals surface area contributed by atoms with Crippen molar-refractivity contribution in [1.29, 1.82) is 0 Å². The monoisotopic (exact) mass is 416 g/mol. The molecule has 0 radical (unpaired) electrons. The predicted molar refractivity (Wildman–Crippen MR) is 37.1 cm³/mol. The summed E-state index contributed by atoms with van der Waals surface area (Å²) >= 11 is -3.27. The Morgan fingerprint density at radius 2 is 1.27 bits per heavy atom. The van der Waals surface area contributed by atoms with Crippen LogP contribution >= 0.6 is 0 Å². The van der Waals surface area contributed by atoms with Crippen molar-refractivity contribution in [1.82, 2.24) is 0 Å². The van der Waals surface area contributed by atoms with Gasteiger partial charge in [0, 0.05) is 0 Å². The fourth-order valence-corrected chi connectivity index (χ4v) is 4.68. The second-order valence-corrected chi connectivity index (χ2v) is 10.7. The van der Waals surface area contributed by atoms with Gasteiger partial charge in [0.2, 0.25) is 0 Å². The van der Waals surface area contributed by atoms with Gasteiger partial charge in [0.1, 0.15) is 0 Å². The molecule has 0 aliphatic heterocycles. The van der Waals surface area contributed by atoms with E-state index in [-0.39, 0.29) is 3.07 Å². The molecule has 1 aromatic carbocycles. The molecule has 0 saturated heterocycles. The Bertz CT molecular complexity index is 322. The molecular formula is C8H4F6Hg. The van der Waals surface area contributed by atoms with Crippen molar-refractivity contribution in [2.75, 3.05) is 0 Å². The Labute approximate surface area is 93.7 Å². The van der Waals surface area contributed by atoms with Crippen LogP contribution in [-0.2, 0) is 30.8 Å². The summed E-state index contributed by atoms with van der Waals surface area (Å²) in [4.78, 5) is 0. The summed E-state index contributed by atoms with van der Waals surface area (Å²) in [6.45, 7) is 0. The van der Waals surface area contributed by atoms with Crippen molar-refractivity contribution < 1.29 is 50.9 Å². The molecule has 0 aliphatic carbocycles. The number of hydrogen-bond acceptors (Lipinski definition) is 0. The molecule has 0 unspecified atom stereocenters. The van der Waals surface area contributed by atoms with Crippen molar-refractivity contribution in [3.63, 3.8) is 0 Å². The molecule has 0 saturated carbocycles. The van der Waals surface area contributed by atoms with Crippen molar-refractivity contribution >= 4 is 3.07 Å². The predicted octanol–water partition coefficient (Wildman–Crippen LogP) is 2.93. The third kappa shape index (κ3) is 4.40. The van der Waals surface area contributed by atoms with Gasteiger partial charge < -0.3 is 0 Å². The van der Waals surface area contributed by atoms with Crippen LogP contribution in [-0.4, -0.2) is 3.69 Å². The summed E-state index contributed by atoms with van der Waals surface area (Å²) in [6, 6.07) is 3.25. The summed E-state index contributed by atoms with van der Waals surface area (Å²) in [5, 5.41) is 0. The van der Waals surface area contributed by atoms with Crippen LogP contribution in [0.2, 0.25) is 0 Å².